The first kappa shape index (κ1) is 20.8. The van der Waals surface area contributed by atoms with Crippen molar-refractivity contribution in [1.82, 2.24) is 15.5 Å². The van der Waals surface area contributed by atoms with Crippen LogP contribution in [-0.2, 0) is 9.53 Å². The van der Waals surface area contributed by atoms with Crippen molar-refractivity contribution in [2.24, 2.45) is 5.92 Å². The van der Waals surface area contributed by atoms with E-state index in [9.17, 15) is 29.3 Å². The number of nitro groups is 1. The van der Waals surface area contributed by atoms with Crippen LogP contribution < -0.4 is 10.6 Å². The van der Waals surface area contributed by atoms with E-state index >= 15 is 0 Å². The maximum atomic E-state index is 12.3. The van der Waals surface area contributed by atoms with Crippen LogP contribution in [-0.4, -0.2) is 59.9 Å². The highest BCUT2D eigenvalue weighted by Crippen LogP contribution is 2.26. The van der Waals surface area contributed by atoms with Crippen molar-refractivity contribution in [3.63, 3.8) is 0 Å². The second-order valence-corrected chi connectivity index (χ2v) is 6.45. The number of non-ortho nitro benzene ring substituents is 1. The summed E-state index contributed by atoms with van der Waals surface area (Å²) in [4.78, 5) is 58.7. The third kappa shape index (κ3) is 5.02. The molecule has 1 aromatic rings. The molecule has 0 atom stereocenters. The van der Waals surface area contributed by atoms with Crippen molar-refractivity contribution in [3.05, 3.63) is 39.4 Å². The molecule has 1 aliphatic rings. The van der Waals surface area contributed by atoms with Gasteiger partial charge in [-0.15, -0.1) is 0 Å². The van der Waals surface area contributed by atoms with Gasteiger partial charge in [-0.25, -0.2) is 4.79 Å². The number of nitrogens with one attached hydrogen (secondary N) is 2. The molecule has 0 aliphatic carbocycles. The number of alkyl carbamates (subject to hydrolysis) is 1. The number of fused-ring (bicyclic) bond motifs is 1. The van der Waals surface area contributed by atoms with Crippen molar-refractivity contribution in [1.29, 1.82) is 0 Å². The van der Waals surface area contributed by atoms with Crippen LogP contribution in [0.25, 0.3) is 0 Å². The topological polar surface area (TPSA) is 148 Å². The van der Waals surface area contributed by atoms with Crippen LogP contribution in [0.15, 0.2) is 18.2 Å². The summed E-state index contributed by atoms with van der Waals surface area (Å²) in [6.07, 6.45) is -0.607. The summed E-state index contributed by atoms with van der Waals surface area (Å²) in [5.41, 5.74) is -0.416. The summed E-state index contributed by atoms with van der Waals surface area (Å²) >= 11 is 0. The number of carbonyl (C=O) groups is 4. The normalized spacial score (nSPS) is 12.8. The molecule has 0 saturated heterocycles. The number of nitrogens with zero attached hydrogens (tertiary/aromatic N) is 2. The number of carbonyl (C=O) groups excluding carboxylic acids is 4. The lowest BCUT2D eigenvalue weighted by molar-refractivity contribution is -0.384. The van der Waals surface area contributed by atoms with Gasteiger partial charge in [-0.05, 0) is 12.0 Å². The average Bonchev–Trinajstić information content (AvgIpc) is 2.88. The summed E-state index contributed by atoms with van der Waals surface area (Å²) in [6, 6.07) is 3.33. The highest BCUT2D eigenvalue weighted by Gasteiger charge is 2.37. The van der Waals surface area contributed by atoms with Crippen molar-refractivity contribution in [2.75, 3.05) is 26.2 Å². The molecular weight excluding hydrogens is 372 g/mol. The van der Waals surface area contributed by atoms with E-state index < -0.39 is 35.3 Å². The number of hydrogen-bond acceptors (Lipinski definition) is 7. The Morgan fingerprint density at radius 3 is 2.43 bits per heavy atom. The molecule has 11 heteroatoms. The van der Waals surface area contributed by atoms with E-state index in [1.807, 2.05) is 13.8 Å². The van der Waals surface area contributed by atoms with Crippen LogP contribution in [0.2, 0.25) is 0 Å². The Labute approximate surface area is 160 Å². The lowest BCUT2D eigenvalue weighted by Crippen LogP contribution is -2.42. The van der Waals surface area contributed by atoms with E-state index in [0.717, 1.165) is 12.1 Å². The molecule has 1 aliphatic heterocycles. The molecule has 0 fully saturated rings. The largest absolute Gasteiger partial charge is 0.449 e. The number of amides is 4. The van der Waals surface area contributed by atoms with Crippen molar-refractivity contribution < 1.29 is 28.8 Å². The van der Waals surface area contributed by atoms with E-state index in [4.69, 9.17) is 4.74 Å². The highest BCUT2D eigenvalue weighted by atomic mass is 16.6. The number of ether oxygens (including phenoxy) is 1. The molecule has 0 bridgehead atoms. The predicted molar refractivity (Wildman–Crippen MR) is 95.7 cm³/mol. The van der Waals surface area contributed by atoms with E-state index in [0.29, 0.717) is 4.90 Å². The summed E-state index contributed by atoms with van der Waals surface area (Å²) in [6.45, 7) is 3.71. The number of benzene rings is 1. The van der Waals surface area contributed by atoms with Gasteiger partial charge in [0.15, 0.2) is 0 Å². The molecule has 1 heterocycles. The number of rotatable bonds is 8. The van der Waals surface area contributed by atoms with Gasteiger partial charge in [-0.1, -0.05) is 13.8 Å². The Bertz CT molecular complexity index is 822. The van der Waals surface area contributed by atoms with Crippen LogP contribution >= 0.6 is 0 Å². The summed E-state index contributed by atoms with van der Waals surface area (Å²) in [5, 5.41) is 15.7. The molecule has 0 unspecified atom stereocenters. The van der Waals surface area contributed by atoms with Gasteiger partial charge in [0.2, 0.25) is 5.91 Å². The second-order valence-electron chi connectivity index (χ2n) is 6.45. The van der Waals surface area contributed by atoms with Gasteiger partial charge < -0.3 is 15.4 Å². The van der Waals surface area contributed by atoms with Crippen LogP contribution in [0, 0.1) is 16.0 Å². The van der Waals surface area contributed by atoms with Crippen LogP contribution in [0.1, 0.15) is 34.6 Å². The Balaban J connectivity index is 1.83. The maximum Gasteiger partial charge on any atom is 0.407 e. The molecule has 150 valence electrons. The Morgan fingerprint density at radius 1 is 1.14 bits per heavy atom. The molecule has 2 N–H and O–H groups in total. The molecule has 0 radical (unpaired) electrons. The minimum Gasteiger partial charge on any atom is -0.449 e. The smallest absolute Gasteiger partial charge is 0.407 e. The Kier molecular flexibility index (Phi) is 6.64. The first-order valence-corrected chi connectivity index (χ1v) is 8.52. The fraction of sp³-hybridized carbons (Fsp3) is 0.412. The lowest BCUT2D eigenvalue weighted by atomic mass is 10.1. The molecule has 1 aromatic carbocycles. The van der Waals surface area contributed by atoms with E-state index in [1.165, 1.54) is 6.07 Å². The Hall–Kier alpha value is -3.50. The fourth-order valence-corrected chi connectivity index (χ4v) is 2.40. The van der Waals surface area contributed by atoms with Crippen LogP contribution in [0.5, 0.6) is 0 Å². The molecular formula is C17H20N4O7. The first-order chi connectivity index (χ1) is 13.2. The van der Waals surface area contributed by atoms with Gasteiger partial charge in [0.1, 0.15) is 6.54 Å². The fourth-order valence-electron chi connectivity index (χ4n) is 2.40. The maximum absolute atomic E-state index is 12.3. The zero-order valence-electron chi connectivity index (χ0n) is 15.4. The van der Waals surface area contributed by atoms with E-state index in [-0.39, 0.29) is 42.4 Å². The van der Waals surface area contributed by atoms with Gasteiger partial charge in [0.25, 0.3) is 17.5 Å². The van der Waals surface area contributed by atoms with Gasteiger partial charge in [-0.3, -0.25) is 29.4 Å². The third-order valence-electron chi connectivity index (χ3n) is 3.73. The zero-order chi connectivity index (χ0) is 20.8. The van der Waals surface area contributed by atoms with Crippen molar-refractivity contribution in [2.45, 2.75) is 13.8 Å². The van der Waals surface area contributed by atoms with Gasteiger partial charge in [0.05, 0.1) is 22.7 Å². The predicted octanol–water partition coefficient (Wildman–Crippen LogP) is 0.689. The monoisotopic (exact) mass is 392 g/mol. The molecule has 11 nitrogen and oxygen atoms in total. The van der Waals surface area contributed by atoms with Gasteiger partial charge in [-0.2, -0.15) is 0 Å². The molecule has 2 rings (SSSR count). The number of hydrogen-bond donors (Lipinski definition) is 2. The third-order valence-corrected chi connectivity index (χ3v) is 3.73. The lowest BCUT2D eigenvalue weighted by Gasteiger charge is -2.14. The molecule has 28 heavy (non-hydrogen) atoms. The average molecular weight is 392 g/mol. The first-order valence-electron chi connectivity index (χ1n) is 8.52. The second kappa shape index (κ2) is 8.93. The van der Waals surface area contributed by atoms with Crippen LogP contribution in [0.3, 0.4) is 0 Å². The van der Waals surface area contributed by atoms with Gasteiger partial charge >= 0.3 is 6.09 Å². The van der Waals surface area contributed by atoms with Crippen molar-refractivity contribution in [3.8, 4) is 0 Å². The van der Waals surface area contributed by atoms with Gasteiger partial charge in [0, 0.05) is 25.2 Å². The Morgan fingerprint density at radius 2 is 1.79 bits per heavy atom. The van der Waals surface area contributed by atoms with E-state index in [2.05, 4.69) is 10.6 Å². The molecule has 4 amide bonds. The standard InChI is InChI=1S/C17H20N4O7/c1-10(2)9-28-17(25)19-6-5-18-14(22)8-20-15(23)12-4-3-11(21(26)27)7-13(12)16(20)24/h3-4,7,10H,5-6,8-9H2,1-2H3,(H,18,22)(H,19,25). The minimum absolute atomic E-state index is 0.0120. The summed E-state index contributed by atoms with van der Waals surface area (Å²) in [5.74, 6) is -1.87. The molecule has 0 saturated carbocycles. The number of imide groups is 1. The van der Waals surface area contributed by atoms with Crippen molar-refractivity contribution >= 4 is 29.5 Å². The van der Waals surface area contributed by atoms with E-state index in [1.54, 1.807) is 0 Å². The SMILES string of the molecule is CC(C)COC(=O)NCCNC(=O)CN1C(=O)c2ccc([N+](=O)[O-])cc2C1=O. The highest BCUT2D eigenvalue weighted by molar-refractivity contribution is 6.22. The molecule has 0 aromatic heterocycles. The summed E-state index contributed by atoms with van der Waals surface area (Å²) < 4.78 is 4.90. The summed E-state index contributed by atoms with van der Waals surface area (Å²) in [7, 11) is 0. The quantitative estimate of drug-likeness (QED) is 0.286. The number of nitro benzene ring substituents is 1. The van der Waals surface area contributed by atoms with Crippen LogP contribution in [0.4, 0.5) is 10.5 Å². The zero-order valence-corrected chi connectivity index (χ0v) is 15.4. The minimum atomic E-state index is -0.769. The molecule has 0 spiro atoms.